The molecule has 0 unspecified atom stereocenters. The van der Waals surface area contributed by atoms with Crippen LogP contribution in [0.2, 0.25) is 0 Å². The Balaban J connectivity index is 1.58. The fraction of sp³-hybridized carbons (Fsp3) is 0.400. The van der Waals surface area contributed by atoms with Gasteiger partial charge in [0, 0.05) is 38.8 Å². The van der Waals surface area contributed by atoms with Crippen LogP contribution in [-0.4, -0.2) is 87.0 Å². The summed E-state index contributed by atoms with van der Waals surface area (Å²) < 4.78 is 33.1. The Labute approximate surface area is 217 Å². The lowest BCUT2D eigenvalue weighted by molar-refractivity contribution is 0.0489. The number of carbonyl (C=O) groups is 1. The zero-order valence-corrected chi connectivity index (χ0v) is 21.7. The first-order chi connectivity index (χ1) is 18.2. The van der Waals surface area contributed by atoms with Gasteiger partial charge in [-0.3, -0.25) is 9.58 Å². The van der Waals surface area contributed by atoms with E-state index in [0.717, 1.165) is 5.69 Å². The fourth-order valence-corrected chi connectivity index (χ4v) is 4.99. The highest BCUT2D eigenvalue weighted by Gasteiger charge is 2.33. The van der Waals surface area contributed by atoms with Crippen molar-refractivity contribution >= 4 is 33.7 Å². The van der Waals surface area contributed by atoms with Gasteiger partial charge in [0.2, 0.25) is 5.88 Å². The Morgan fingerprint density at radius 3 is 2.58 bits per heavy atom. The minimum Gasteiger partial charge on any atom is -0.480 e. The SMILES string of the molecule is COCOc1c(-c2nc(OC)c3cc(N4C[C@@H](C)N(C(=O)O)[C@@H](C)C4)cnc3n2)cc2cn(C)nc2c1F. The number of carboxylic acid groups (broad SMARTS) is 1. The standard InChI is InChI=1S/C25H28FN7O5/c1-13-9-32(10-14(2)33(13)25(34)35)16-7-18-22(27-8-16)28-23(29-24(18)37-5)17-6-15-11-31(3)30-20(15)19(26)21(17)38-12-36-4/h6-8,11,13-14H,9-10,12H2,1-5H3,(H,34,35)/t13-,14+. The number of hydrogen-bond acceptors (Lipinski definition) is 9. The number of aromatic nitrogens is 5. The predicted molar refractivity (Wildman–Crippen MR) is 137 cm³/mol. The molecular formula is C25H28FN7O5. The third-order valence-electron chi connectivity index (χ3n) is 6.57. The molecule has 5 rings (SSSR count). The van der Waals surface area contributed by atoms with Gasteiger partial charge in [-0.2, -0.15) is 10.1 Å². The molecule has 12 nitrogen and oxygen atoms in total. The molecule has 0 aliphatic carbocycles. The molecule has 1 amide bonds. The third kappa shape index (κ3) is 4.38. The lowest BCUT2D eigenvalue weighted by Gasteiger charge is -2.43. The molecule has 38 heavy (non-hydrogen) atoms. The topological polar surface area (TPSA) is 128 Å². The summed E-state index contributed by atoms with van der Waals surface area (Å²) in [5.74, 6) is -0.308. The zero-order chi connectivity index (χ0) is 27.1. The number of fused-ring (bicyclic) bond motifs is 2. The van der Waals surface area contributed by atoms with Crippen LogP contribution in [0.25, 0.3) is 33.3 Å². The van der Waals surface area contributed by atoms with Gasteiger partial charge < -0.3 is 24.2 Å². The summed E-state index contributed by atoms with van der Waals surface area (Å²) in [6.45, 7) is 4.59. The van der Waals surface area contributed by atoms with Crippen LogP contribution in [-0.2, 0) is 11.8 Å². The predicted octanol–water partition coefficient (Wildman–Crippen LogP) is 3.29. The van der Waals surface area contributed by atoms with Crippen molar-refractivity contribution in [2.24, 2.45) is 7.05 Å². The first kappa shape index (κ1) is 25.4. The molecule has 1 aromatic carbocycles. The van der Waals surface area contributed by atoms with E-state index < -0.39 is 11.9 Å². The van der Waals surface area contributed by atoms with E-state index in [-0.39, 0.29) is 41.8 Å². The van der Waals surface area contributed by atoms with Gasteiger partial charge in [0.25, 0.3) is 0 Å². The number of ether oxygens (including phenoxy) is 3. The summed E-state index contributed by atoms with van der Waals surface area (Å²) in [4.78, 5) is 28.9. The summed E-state index contributed by atoms with van der Waals surface area (Å²) in [6.07, 6.45) is 2.44. The van der Waals surface area contributed by atoms with E-state index in [9.17, 15) is 9.90 Å². The molecule has 0 bridgehead atoms. The summed E-state index contributed by atoms with van der Waals surface area (Å²) in [6, 6.07) is 3.18. The average molecular weight is 526 g/mol. The number of aryl methyl sites for hydroxylation is 1. The molecule has 2 atom stereocenters. The van der Waals surface area contributed by atoms with Crippen LogP contribution in [0.5, 0.6) is 11.6 Å². The molecule has 1 aliphatic rings. The number of benzene rings is 1. The quantitative estimate of drug-likeness (QED) is 0.375. The molecule has 0 saturated carbocycles. The highest BCUT2D eigenvalue weighted by Crippen LogP contribution is 2.38. The van der Waals surface area contributed by atoms with Crippen LogP contribution in [0.4, 0.5) is 14.9 Å². The van der Waals surface area contributed by atoms with E-state index >= 15 is 4.39 Å². The van der Waals surface area contributed by atoms with E-state index in [1.165, 1.54) is 23.8 Å². The van der Waals surface area contributed by atoms with E-state index in [1.807, 2.05) is 19.9 Å². The van der Waals surface area contributed by atoms with Gasteiger partial charge in [-0.15, -0.1) is 0 Å². The lowest BCUT2D eigenvalue weighted by Crippen LogP contribution is -2.58. The van der Waals surface area contributed by atoms with Crippen molar-refractivity contribution in [3.63, 3.8) is 0 Å². The van der Waals surface area contributed by atoms with Crippen LogP contribution in [0.1, 0.15) is 13.8 Å². The maximum atomic E-state index is 15.4. The average Bonchev–Trinajstić information content (AvgIpc) is 3.27. The van der Waals surface area contributed by atoms with Gasteiger partial charge in [-0.25, -0.2) is 19.2 Å². The second-order valence-corrected chi connectivity index (χ2v) is 9.27. The lowest BCUT2D eigenvalue weighted by atomic mass is 10.1. The molecular weight excluding hydrogens is 497 g/mol. The van der Waals surface area contributed by atoms with Gasteiger partial charge in [0.15, 0.2) is 29.8 Å². The Kier molecular flexibility index (Phi) is 6.61. The number of amides is 1. The number of rotatable bonds is 6. The van der Waals surface area contributed by atoms with Crippen molar-refractivity contribution in [3.05, 3.63) is 30.3 Å². The number of pyridine rings is 1. The molecule has 1 fully saturated rings. The van der Waals surface area contributed by atoms with Gasteiger partial charge in [0.05, 0.1) is 42.0 Å². The number of anilines is 1. The summed E-state index contributed by atoms with van der Waals surface area (Å²) in [5, 5.41) is 14.8. The molecule has 200 valence electrons. The number of hydrogen-bond donors (Lipinski definition) is 1. The largest absolute Gasteiger partial charge is 0.480 e. The molecule has 1 saturated heterocycles. The highest BCUT2D eigenvalue weighted by atomic mass is 19.1. The Bertz CT molecular complexity index is 1520. The highest BCUT2D eigenvalue weighted by molar-refractivity contribution is 5.90. The number of nitrogens with zero attached hydrogens (tertiary/aromatic N) is 7. The Morgan fingerprint density at radius 2 is 1.92 bits per heavy atom. The molecule has 13 heteroatoms. The maximum absolute atomic E-state index is 15.4. The third-order valence-corrected chi connectivity index (χ3v) is 6.57. The molecule has 1 N–H and O–H groups in total. The van der Waals surface area contributed by atoms with Crippen LogP contribution in [0.3, 0.4) is 0 Å². The first-order valence-corrected chi connectivity index (χ1v) is 12.0. The minimum absolute atomic E-state index is 0.0876. The van der Waals surface area contributed by atoms with Gasteiger partial charge in [-0.05, 0) is 26.0 Å². The van der Waals surface area contributed by atoms with Crippen LogP contribution < -0.4 is 14.4 Å². The summed E-state index contributed by atoms with van der Waals surface area (Å²) in [7, 11) is 4.63. The Hall–Kier alpha value is -4.26. The van der Waals surface area contributed by atoms with E-state index in [2.05, 4.69) is 25.0 Å². The molecule has 1 aliphatic heterocycles. The molecule has 0 spiro atoms. The monoisotopic (exact) mass is 525 g/mol. The smallest absolute Gasteiger partial charge is 0.407 e. The molecule has 0 radical (unpaired) electrons. The second kappa shape index (κ2) is 9.89. The van der Waals surface area contributed by atoms with Crippen molar-refractivity contribution in [1.29, 1.82) is 0 Å². The van der Waals surface area contributed by atoms with E-state index in [4.69, 9.17) is 14.2 Å². The van der Waals surface area contributed by atoms with Crippen molar-refractivity contribution in [3.8, 4) is 23.0 Å². The number of piperazine rings is 1. The number of halogens is 1. The zero-order valence-electron chi connectivity index (χ0n) is 21.7. The number of methoxy groups -OCH3 is 2. The second-order valence-electron chi connectivity index (χ2n) is 9.27. The normalized spacial score (nSPS) is 17.8. The van der Waals surface area contributed by atoms with E-state index in [1.54, 1.807) is 25.5 Å². The summed E-state index contributed by atoms with van der Waals surface area (Å²) >= 11 is 0. The van der Waals surface area contributed by atoms with Crippen LogP contribution in [0, 0.1) is 5.82 Å². The Morgan fingerprint density at radius 1 is 1.18 bits per heavy atom. The van der Waals surface area contributed by atoms with Crippen molar-refractivity contribution in [2.75, 3.05) is 39.0 Å². The van der Waals surface area contributed by atoms with Gasteiger partial charge >= 0.3 is 6.09 Å². The van der Waals surface area contributed by atoms with Gasteiger partial charge in [0.1, 0.15) is 5.52 Å². The van der Waals surface area contributed by atoms with Crippen molar-refractivity contribution < 1.29 is 28.5 Å². The fourth-order valence-electron chi connectivity index (χ4n) is 4.99. The maximum Gasteiger partial charge on any atom is 0.407 e. The van der Waals surface area contributed by atoms with E-state index in [0.29, 0.717) is 35.1 Å². The van der Waals surface area contributed by atoms with Crippen LogP contribution >= 0.6 is 0 Å². The summed E-state index contributed by atoms with van der Waals surface area (Å²) in [5.41, 5.74) is 1.61. The van der Waals surface area contributed by atoms with Gasteiger partial charge in [-0.1, -0.05) is 0 Å². The molecule has 3 aromatic heterocycles. The minimum atomic E-state index is -0.932. The molecule has 4 heterocycles. The first-order valence-electron chi connectivity index (χ1n) is 12.0. The van der Waals surface area contributed by atoms with Crippen molar-refractivity contribution in [1.82, 2.24) is 29.6 Å². The van der Waals surface area contributed by atoms with Crippen LogP contribution in [0.15, 0.2) is 24.5 Å². The van der Waals surface area contributed by atoms with Crippen molar-refractivity contribution in [2.45, 2.75) is 25.9 Å². The molecule has 4 aromatic rings.